The van der Waals surface area contributed by atoms with Crippen LogP contribution in [0.2, 0.25) is 0 Å². The van der Waals surface area contributed by atoms with Gasteiger partial charge in [0.05, 0.1) is 51.4 Å². The Bertz CT molecular complexity index is 1490. The summed E-state index contributed by atoms with van der Waals surface area (Å²) < 4.78 is 62.6. The highest BCUT2D eigenvalue weighted by atomic mass is 16.8. The number of hydrogen-bond acceptors (Lipinski definition) is 27. The minimum absolute atomic E-state index is 0.336. The second kappa shape index (κ2) is 21.9. The van der Waals surface area contributed by atoms with E-state index in [1.807, 2.05) is 0 Å². The molecular formula is C37H63NO26. The van der Waals surface area contributed by atoms with E-state index in [4.69, 9.17) is 57.8 Å². The van der Waals surface area contributed by atoms with Crippen LogP contribution in [-0.4, -0.2) is 269 Å². The molecule has 0 radical (unpaired) electrons. The Balaban J connectivity index is 1.14. The first-order valence-corrected chi connectivity index (χ1v) is 20.9. The summed E-state index contributed by atoms with van der Waals surface area (Å²) in [6.45, 7) is -1.03. The summed E-state index contributed by atoms with van der Waals surface area (Å²) in [6, 6.07) is -1.48. The summed E-state index contributed by atoms with van der Waals surface area (Å²) in [5.74, 6) is -3.02. The molecule has 5 saturated heterocycles. The van der Waals surface area contributed by atoms with Crippen LogP contribution in [0.4, 0.5) is 0 Å². The third-order valence-corrected chi connectivity index (χ3v) is 12.3. The fourth-order valence-corrected chi connectivity index (χ4v) is 8.43. The van der Waals surface area contributed by atoms with Gasteiger partial charge in [-0.15, -0.1) is 0 Å². The highest BCUT2D eigenvalue weighted by Gasteiger charge is 2.58. The molecule has 0 bridgehead atoms. The molecular weight excluding hydrogens is 874 g/mol. The Hall–Kier alpha value is -1.50. The lowest BCUT2D eigenvalue weighted by molar-refractivity contribution is -0.428. The van der Waals surface area contributed by atoms with Crippen molar-refractivity contribution >= 4 is 0 Å². The first-order valence-electron chi connectivity index (χ1n) is 20.9. The maximum atomic E-state index is 11.8. The van der Waals surface area contributed by atoms with Crippen LogP contribution in [0.15, 0.2) is 12.3 Å². The van der Waals surface area contributed by atoms with E-state index in [-0.39, 0.29) is 5.92 Å². The van der Waals surface area contributed by atoms with Crippen molar-refractivity contribution in [3.8, 4) is 0 Å². The molecule has 5 fully saturated rings. The minimum Gasteiger partial charge on any atom is -0.493 e. The largest absolute Gasteiger partial charge is 0.493 e. The van der Waals surface area contributed by atoms with Gasteiger partial charge in [-0.2, -0.15) is 0 Å². The van der Waals surface area contributed by atoms with Gasteiger partial charge in [0.15, 0.2) is 37.2 Å². The fourth-order valence-electron chi connectivity index (χ4n) is 8.43. The van der Waals surface area contributed by atoms with Gasteiger partial charge in [0.1, 0.15) is 110 Å². The molecule has 0 aromatic heterocycles. The van der Waals surface area contributed by atoms with Crippen LogP contribution in [0, 0.1) is 5.92 Å². The second-order valence-electron chi connectivity index (χ2n) is 16.8. The molecule has 27 heteroatoms. The molecule has 0 spiro atoms. The molecule has 6 aliphatic heterocycles. The Labute approximate surface area is 365 Å². The van der Waals surface area contributed by atoms with Crippen molar-refractivity contribution in [2.45, 2.75) is 180 Å². The number of aliphatic hydroxyl groups is 15. The Kier molecular flexibility index (Phi) is 17.7. The molecule has 27 nitrogen and oxygen atoms in total. The Morgan fingerprint density at radius 2 is 1.02 bits per heavy atom. The summed E-state index contributed by atoms with van der Waals surface area (Å²) in [5, 5.41) is 160. The summed E-state index contributed by atoms with van der Waals surface area (Å²) in [6.07, 6.45) is -37.8. The monoisotopic (exact) mass is 937 g/mol. The topological polar surface area (TPSA) is 431 Å². The van der Waals surface area contributed by atoms with Crippen molar-refractivity contribution in [1.29, 1.82) is 0 Å². The molecule has 372 valence electrons. The van der Waals surface area contributed by atoms with Crippen molar-refractivity contribution in [3.05, 3.63) is 12.3 Å². The standard InChI is InChI=1S/C37H63NO26/c1-11-3-4-54-16(8-41)28(11)60-34-26(51)24(49)29(17(9-42)58-34)61-35-27(52)30(21(46)15(7-40)56-35)62-32-13(38)5-37(53,18(10-43)59-32)64-36-31(23(48)20(45)14(6-39)57-36)63-33-25(50)22(47)19(44)12(2)55-33/h3-4,11-36,39-53H,5-10,38H2,1-2H3/t11?,12?,13?,14?,15?,16?,17?,18?,19-,20+,21+,22?,23?,24?,25?,26?,27?,28+,29+,30?,31?,32?,33+,34+,35-,36+,37+/m1/s1. The van der Waals surface area contributed by atoms with Gasteiger partial charge in [0, 0.05) is 12.3 Å². The van der Waals surface area contributed by atoms with Crippen molar-refractivity contribution in [1.82, 2.24) is 0 Å². The molecule has 17 unspecified atom stereocenters. The summed E-state index contributed by atoms with van der Waals surface area (Å²) in [4.78, 5) is 0. The van der Waals surface area contributed by atoms with Crippen molar-refractivity contribution in [3.63, 3.8) is 0 Å². The highest BCUT2D eigenvalue weighted by Crippen LogP contribution is 2.39. The Morgan fingerprint density at radius 1 is 0.500 bits per heavy atom. The number of aliphatic hydroxyl groups excluding tert-OH is 14. The zero-order valence-corrected chi connectivity index (χ0v) is 34.7. The van der Waals surface area contributed by atoms with E-state index in [0.717, 1.165) is 0 Å². The number of nitrogens with two attached hydrogens (primary N) is 1. The maximum Gasteiger partial charge on any atom is 0.199 e. The quantitative estimate of drug-likeness (QED) is 0.0678. The van der Waals surface area contributed by atoms with Crippen LogP contribution in [0.5, 0.6) is 0 Å². The minimum atomic E-state index is -2.68. The molecule has 64 heavy (non-hydrogen) atoms. The molecule has 6 heterocycles. The van der Waals surface area contributed by atoms with E-state index in [0.29, 0.717) is 0 Å². The van der Waals surface area contributed by atoms with E-state index < -0.39 is 199 Å². The van der Waals surface area contributed by atoms with E-state index in [1.165, 1.54) is 13.2 Å². The third kappa shape index (κ3) is 10.5. The number of ether oxygens (including phenoxy) is 11. The molecule has 17 N–H and O–H groups in total. The van der Waals surface area contributed by atoms with Gasteiger partial charge >= 0.3 is 0 Å². The van der Waals surface area contributed by atoms with E-state index in [2.05, 4.69) is 0 Å². The molecule has 0 aromatic rings. The van der Waals surface area contributed by atoms with Crippen LogP contribution < -0.4 is 5.73 Å². The molecule has 0 saturated carbocycles. The molecule has 6 aliphatic rings. The fraction of sp³-hybridized carbons (Fsp3) is 0.946. The maximum absolute atomic E-state index is 11.8. The van der Waals surface area contributed by atoms with Gasteiger partial charge in [-0.25, -0.2) is 0 Å². The van der Waals surface area contributed by atoms with Crippen LogP contribution >= 0.6 is 0 Å². The predicted octanol–water partition coefficient (Wildman–Crippen LogP) is -9.65. The van der Waals surface area contributed by atoms with Crippen LogP contribution in [0.25, 0.3) is 0 Å². The molecule has 6 rings (SSSR count). The van der Waals surface area contributed by atoms with Gasteiger partial charge in [-0.1, -0.05) is 6.92 Å². The van der Waals surface area contributed by atoms with Crippen LogP contribution in [0.3, 0.4) is 0 Å². The first kappa shape index (κ1) is 51.9. The third-order valence-electron chi connectivity index (χ3n) is 12.3. The van der Waals surface area contributed by atoms with E-state index >= 15 is 0 Å². The summed E-state index contributed by atoms with van der Waals surface area (Å²) >= 11 is 0. The smallest absolute Gasteiger partial charge is 0.199 e. The lowest BCUT2D eigenvalue weighted by Gasteiger charge is -2.51. The predicted molar refractivity (Wildman–Crippen MR) is 200 cm³/mol. The summed E-state index contributed by atoms with van der Waals surface area (Å²) in [7, 11) is 0. The van der Waals surface area contributed by atoms with Crippen molar-refractivity contribution in [2.75, 3.05) is 33.0 Å². The van der Waals surface area contributed by atoms with Crippen molar-refractivity contribution in [2.24, 2.45) is 11.7 Å². The molecule has 0 amide bonds. The first-order chi connectivity index (χ1) is 30.3. The van der Waals surface area contributed by atoms with Crippen molar-refractivity contribution < 1.29 is 129 Å². The number of hydrogen-bond donors (Lipinski definition) is 16. The van der Waals surface area contributed by atoms with Crippen LogP contribution in [-0.2, 0) is 52.1 Å². The zero-order chi connectivity index (χ0) is 46.9. The van der Waals surface area contributed by atoms with Gasteiger partial charge in [-0.05, 0) is 13.0 Å². The Morgan fingerprint density at radius 3 is 1.66 bits per heavy atom. The van der Waals surface area contributed by atoms with Gasteiger partial charge in [-0.3, -0.25) is 0 Å². The van der Waals surface area contributed by atoms with E-state index in [1.54, 1.807) is 13.0 Å². The van der Waals surface area contributed by atoms with Gasteiger partial charge in [0.25, 0.3) is 0 Å². The van der Waals surface area contributed by atoms with Gasteiger partial charge in [0.2, 0.25) is 0 Å². The molecule has 0 aromatic carbocycles. The summed E-state index contributed by atoms with van der Waals surface area (Å²) in [5.41, 5.74) is 6.37. The normalized spacial score (nSPS) is 52.6. The molecule has 27 atom stereocenters. The van der Waals surface area contributed by atoms with Crippen LogP contribution in [0.1, 0.15) is 20.3 Å². The average Bonchev–Trinajstić information content (AvgIpc) is 3.27. The highest BCUT2D eigenvalue weighted by molar-refractivity contribution is 5.00. The zero-order valence-electron chi connectivity index (χ0n) is 34.7. The molecule has 0 aliphatic carbocycles. The SMILES string of the molecule is CC1O[C@@H](OC2C(O)[C@@H](O)C(CO)O[C@H]2O[C@@]2(O)CC(N)C(OC3C(O)[C@@H](O[C@H]4C(CO)O[C@@H](O[C@H]5C(C)C=COC5CO)C(O)C4O)OC(CO)[C@@H]3O)OC2CO)C(O)C(O)[C@@H]1O. The number of rotatable bonds is 15. The second-order valence-corrected chi connectivity index (χ2v) is 16.8. The lowest BCUT2D eigenvalue weighted by atomic mass is 9.94. The van der Waals surface area contributed by atoms with E-state index in [9.17, 15) is 76.6 Å². The lowest BCUT2D eigenvalue weighted by Crippen LogP contribution is -2.69. The average molecular weight is 938 g/mol. The van der Waals surface area contributed by atoms with Gasteiger partial charge < -0.3 is 134 Å².